The standard InChI is InChI=1S/C20H15F3N2O2/c21-20(22,23)18-9-6-14(11-25-18)16-8-7-15(10-17(16)19(24)26)27-12-13-4-2-1-3-5-13/h1-11H,12H2,(H2,24,26). The van der Waals surface area contributed by atoms with E-state index in [9.17, 15) is 18.0 Å². The molecule has 3 aromatic rings. The van der Waals surface area contributed by atoms with Crippen LogP contribution in [-0.2, 0) is 12.8 Å². The van der Waals surface area contributed by atoms with Crippen molar-refractivity contribution in [1.29, 1.82) is 0 Å². The van der Waals surface area contributed by atoms with Crippen LogP contribution in [0.5, 0.6) is 5.75 Å². The van der Waals surface area contributed by atoms with E-state index in [-0.39, 0.29) is 5.56 Å². The van der Waals surface area contributed by atoms with Crippen molar-refractivity contribution in [2.75, 3.05) is 0 Å². The first-order valence-corrected chi connectivity index (χ1v) is 7.99. The van der Waals surface area contributed by atoms with E-state index in [1.807, 2.05) is 30.3 Å². The fourth-order valence-corrected chi connectivity index (χ4v) is 2.53. The average Bonchev–Trinajstić information content (AvgIpc) is 2.66. The van der Waals surface area contributed by atoms with E-state index in [0.29, 0.717) is 23.5 Å². The van der Waals surface area contributed by atoms with E-state index >= 15 is 0 Å². The van der Waals surface area contributed by atoms with Crippen LogP contribution in [0.2, 0.25) is 0 Å². The summed E-state index contributed by atoms with van der Waals surface area (Å²) >= 11 is 0. The molecule has 0 unspecified atom stereocenters. The van der Waals surface area contributed by atoms with Gasteiger partial charge in [-0.2, -0.15) is 13.2 Å². The lowest BCUT2D eigenvalue weighted by Gasteiger charge is -2.12. The quantitative estimate of drug-likeness (QED) is 0.720. The van der Waals surface area contributed by atoms with Crippen LogP contribution in [0.4, 0.5) is 13.2 Å². The molecule has 1 amide bonds. The van der Waals surface area contributed by atoms with Gasteiger partial charge in [0.2, 0.25) is 5.91 Å². The summed E-state index contributed by atoms with van der Waals surface area (Å²) in [5.41, 5.74) is 6.26. The van der Waals surface area contributed by atoms with Crippen molar-refractivity contribution >= 4 is 5.91 Å². The number of nitrogens with zero attached hydrogens (tertiary/aromatic N) is 1. The summed E-state index contributed by atoms with van der Waals surface area (Å²) in [6.07, 6.45) is -3.46. The molecule has 0 aliphatic carbocycles. The molecule has 4 nitrogen and oxygen atoms in total. The molecule has 0 aliphatic heterocycles. The fourth-order valence-electron chi connectivity index (χ4n) is 2.53. The van der Waals surface area contributed by atoms with E-state index in [2.05, 4.69) is 4.98 Å². The normalized spacial score (nSPS) is 11.2. The molecule has 0 aliphatic rings. The molecule has 0 saturated heterocycles. The Kier molecular flexibility index (Phi) is 5.12. The number of benzene rings is 2. The second-order valence-corrected chi connectivity index (χ2v) is 5.78. The summed E-state index contributed by atoms with van der Waals surface area (Å²) < 4.78 is 43.6. The van der Waals surface area contributed by atoms with Gasteiger partial charge in [-0.05, 0) is 35.4 Å². The summed E-state index contributed by atoms with van der Waals surface area (Å²) in [7, 11) is 0. The van der Waals surface area contributed by atoms with Gasteiger partial charge in [0, 0.05) is 11.8 Å². The number of rotatable bonds is 5. The van der Waals surface area contributed by atoms with Gasteiger partial charge in [0.25, 0.3) is 0 Å². The minimum Gasteiger partial charge on any atom is -0.489 e. The average molecular weight is 372 g/mol. The molecule has 0 bridgehead atoms. The Balaban J connectivity index is 1.87. The number of hydrogen-bond acceptors (Lipinski definition) is 3. The second kappa shape index (κ2) is 7.49. The lowest BCUT2D eigenvalue weighted by Crippen LogP contribution is -2.13. The van der Waals surface area contributed by atoms with Crippen LogP contribution in [0.25, 0.3) is 11.1 Å². The van der Waals surface area contributed by atoms with Crippen molar-refractivity contribution in [3.63, 3.8) is 0 Å². The minimum atomic E-state index is -4.53. The maximum absolute atomic E-state index is 12.7. The van der Waals surface area contributed by atoms with Gasteiger partial charge in [-0.3, -0.25) is 9.78 Å². The van der Waals surface area contributed by atoms with Crippen molar-refractivity contribution in [3.05, 3.63) is 83.7 Å². The highest BCUT2D eigenvalue weighted by molar-refractivity contribution is 6.00. The third kappa shape index (κ3) is 4.44. The van der Waals surface area contributed by atoms with Crippen molar-refractivity contribution in [3.8, 4) is 16.9 Å². The zero-order valence-electron chi connectivity index (χ0n) is 14.0. The molecule has 2 N–H and O–H groups in total. The zero-order valence-corrected chi connectivity index (χ0v) is 14.0. The third-order valence-electron chi connectivity index (χ3n) is 3.87. The Morgan fingerprint density at radius 1 is 1.04 bits per heavy atom. The van der Waals surface area contributed by atoms with E-state index in [1.165, 1.54) is 12.1 Å². The van der Waals surface area contributed by atoms with Crippen LogP contribution < -0.4 is 10.5 Å². The van der Waals surface area contributed by atoms with E-state index in [1.54, 1.807) is 12.1 Å². The SMILES string of the molecule is NC(=O)c1cc(OCc2ccccc2)ccc1-c1ccc(C(F)(F)F)nc1. The summed E-state index contributed by atoms with van der Waals surface area (Å²) in [6.45, 7) is 0.306. The number of amides is 1. The van der Waals surface area contributed by atoms with Crippen molar-refractivity contribution in [2.24, 2.45) is 5.73 Å². The molecule has 1 aromatic heterocycles. The topological polar surface area (TPSA) is 65.2 Å². The van der Waals surface area contributed by atoms with Crippen LogP contribution in [0, 0.1) is 0 Å². The first-order chi connectivity index (χ1) is 12.8. The van der Waals surface area contributed by atoms with Crippen molar-refractivity contribution < 1.29 is 22.7 Å². The number of pyridine rings is 1. The highest BCUT2D eigenvalue weighted by atomic mass is 19.4. The van der Waals surface area contributed by atoms with E-state index < -0.39 is 17.8 Å². The maximum Gasteiger partial charge on any atom is 0.433 e. The molecule has 1 heterocycles. The molecular weight excluding hydrogens is 357 g/mol. The molecule has 7 heteroatoms. The number of nitrogens with two attached hydrogens (primary N) is 1. The van der Waals surface area contributed by atoms with Gasteiger partial charge in [0.05, 0.1) is 5.56 Å². The molecule has 0 saturated carbocycles. The van der Waals surface area contributed by atoms with Gasteiger partial charge >= 0.3 is 6.18 Å². The predicted octanol–water partition coefficient (Wildman–Crippen LogP) is 4.45. The molecule has 138 valence electrons. The molecular formula is C20H15F3N2O2. The molecule has 27 heavy (non-hydrogen) atoms. The van der Waals surface area contributed by atoms with Crippen molar-refractivity contribution in [1.82, 2.24) is 4.98 Å². The number of alkyl halides is 3. The Morgan fingerprint density at radius 3 is 2.37 bits per heavy atom. The summed E-state index contributed by atoms with van der Waals surface area (Å²) in [6, 6.07) is 16.2. The summed E-state index contributed by atoms with van der Waals surface area (Å²) in [4.78, 5) is 15.2. The number of hydrogen-bond donors (Lipinski definition) is 1. The maximum atomic E-state index is 12.7. The number of halogens is 3. The van der Waals surface area contributed by atoms with E-state index in [4.69, 9.17) is 10.5 Å². The van der Waals surface area contributed by atoms with Gasteiger partial charge in [0.1, 0.15) is 18.1 Å². The van der Waals surface area contributed by atoms with E-state index in [0.717, 1.165) is 17.8 Å². The number of aromatic nitrogens is 1. The Labute approximate surface area is 153 Å². The lowest BCUT2D eigenvalue weighted by atomic mass is 10.00. The number of carbonyl (C=O) groups is 1. The lowest BCUT2D eigenvalue weighted by molar-refractivity contribution is -0.141. The third-order valence-corrected chi connectivity index (χ3v) is 3.87. The van der Waals surface area contributed by atoms with Gasteiger partial charge in [-0.25, -0.2) is 0 Å². The van der Waals surface area contributed by atoms with Gasteiger partial charge < -0.3 is 10.5 Å². The van der Waals surface area contributed by atoms with Crippen LogP contribution in [0.15, 0.2) is 66.9 Å². The molecule has 0 atom stereocenters. The van der Waals surface area contributed by atoms with Gasteiger partial charge in [-0.1, -0.05) is 36.4 Å². The first-order valence-electron chi connectivity index (χ1n) is 7.99. The summed E-state index contributed by atoms with van der Waals surface area (Å²) in [5, 5.41) is 0. The molecule has 0 spiro atoms. The second-order valence-electron chi connectivity index (χ2n) is 5.78. The van der Waals surface area contributed by atoms with Crippen LogP contribution in [0.3, 0.4) is 0 Å². The Bertz CT molecular complexity index is 940. The Hall–Kier alpha value is -3.35. The first kappa shape index (κ1) is 18.4. The van der Waals surface area contributed by atoms with Crippen LogP contribution in [-0.4, -0.2) is 10.9 Å². The smallest absolute Gasteiger partial charge is 0.433 e. The number of carbonyl (C=O) groups excluding carboxylic acids is 1. The van der Waals surface area contributed by atoms with Crippen LogP contribution >= 0.6 is 0 Å². The van der Waals surface area contributed by atoms with Gasteiger partial charge in [-0.15, -0.1) is 0 Å². The zero-order chi connectivity index (χ0) is 19.4. The molecule has 3 rings (SSSR count). The monoisotopic (exact) mass is 372 g/mol. The predicted molar refractivity (Wildman–Crippen MR) is 94.0 cm³/mol. The van der Waals surface area contributed by atoms with Crippen molar-refractivity contribution in [2.45, 2.75) is 12.8 Å². The highest BCUT2D eigenvalue weighted by Gasteiger charge is 2.32. The molecule has 0 radical (unpaired) electrons. The van der Waals surface area contributed by atoms with Gasteiger partial charge in [0.15, 0.2) is 0 Å². The molecule has 2 aromatic carbocycles. The number of ether oxygens (including phenoxy) is 1. The fraction of sp³-hybridized carbons (Fsp3) is 0.100. The molecule has 0 fully saturated rings. The van der Waals surface area contributed by atoms with Crippen LogP contribution in [0.1, 0.15) is 21.6 Å². The summed E-state index contributed by atoms with van der Waals surface area (Å²) in [5.74, 6) is -0.286. The minimum absolute atomic E-state index is 0.141. The largest absolute Gasteiger partial charge is 0.489 e. The Morgan fingerprint density at radius 2 is 1.78 bits per heavy atom. The number of primary amides is 1. The highest BCUT2D eigenvalue weighted by Crippen LogP contribution is 2.31.